The van der Waals surface area contributed by atoms with Crippen molar-refractivity contribution in [3.63, 3.8) is 0 Å². The molecule has 0 saturated carbocycles. The van der Waals surface area contributed by atoms with Crippen LogP contribution in [0.2, 0.25) is 0 Å². The Morgan fingerprint density at radius 3 is 2.81 bits per heavy atom. The number of nitrogens with one attached hydrogen (secondary N) is 1. The molecule has 0 aliphatic rings. The molecule has 1 N–H and O–H groups in total. The molecule has 5 heteroatoms. The third kappa shape index (κ3) is 4.34. The fourth-order valence-electron chi connectivity index (χ4n) is 1.98. The highest BCUT2D eigenvalue weighted by molar-refractivity contribution is 5.75. The molecule has 0 aliphatic carbocycles. The van der Waals surface area contributed by atoms with E-state index in [0.717, 1.165) is 11.3 Å². The van der Waals surface area contributed by atoms with Gasteiger partial charge < -0.3 is 9.64 Å². The molecule has 1 amide bonds. The molecule has 0 bridgehead atoms. The predicted molar refractivity (Wildman–Crippen MR) is 81.1 cm³/mol. The summed E-state index contributed by atoms with van der Waals surface area (Å²) in [7, 11) is 1.78. The van der Waals surface area contributed by atoms with Gasteiger partial charge in [0.25, 0.3) is 0 Å². The zero-order valence-electron chi connectivity index (χ0n) is 12.7. The minimum Gasteiger partial charge on any atom is -0.493 e. The second-order valence-corrected chi connectivity index (χ2v) is 5.20. The van der Waals surface area contributed by atoms with Crippen molar-refractivity contribution in [2.45, 2.75) is 26.8 Å². The quantitative estimate of drug-likeness (QED) is 0.888. The number of carbonyl (C=O) groups excluding carboxylic acids is 1. The highest BCUT2D eigenvalue weighted by atomic mass is 16.5. The molecule has 1 heterocycles. The summed E-state index contributed by atoms with van der Waals surface area (Å²) >= 11 is 0. The second-order valence-electron chi connectivity index (χ2n) is 5.20. The molecule has 1 aromatic heterocycles. The number of ether oxygens (including phenoxy) is 1. The lowest BCUT2D eigenvalue weighted by Crippen LogP contribution is -2.27. The number of H-pyrrole nitrogens is 1. The number of rotatable bonds is 6. The number of carbonyl (C=O) groups is 1. The Kier molecular flexibility index (Phi) is 4.98. The minimum absolute atomic E-state index is 0.0556. The summed E-state index contributed by atoms with van der Waals surface area (Å²) in [5, 5.41) is 6.60. The topological polar surface area (TPSA) is 58.2 Å². The average Bonchev–Trinajstić information content (AvgIpc) is 2.95. The third-order valence-corrected chi connectivity index (χ3v) is 3.46. The molecule has 0 saturated heterocycles. The summed E-state index contributed by atoms with van der Waals surface area (Å²) in [6.07, 6.45) is 3.87. The Bertz CT molecular complexity index is 594. The van der Waals surface area contributed by atoms with Crippen LogP contribution in [-0.2, 0) is 11.3 Å². The summed E-state index contributed by atoms with van der Waals surface area (Å²) in [6.45, 7) is 5.05. The molecule has 2 aromatic rings. The van der Waals surface area contributed by atoms with Crippen molar-refractivity contribution in [1.29, 1.82) is 0 Å². The summed E-state index contributed by atoms with van der Waals surface area (Å²) < 4.78 is 5.63. The first-order chi connectivity index (χ1) is 10.1. The van der Waals surface area contributed by atoms with E-state index in [4.69, 9.17) is 4.74 Å². The van der Waals surface area contributed by atoms with Gasteiger partial charge in [-0.15, -0.1) is 0 Å². The standard InChI is InChI=1S/C16H21N3O2/c1-12-4-5-15(8-13(12)2)21-7-6-16(20)19(3)11-14-9-17-18-10-14/h4-5,8-10H,6-7,11H2,1-3H3,(H,17,18). The minimum atomic E-state index is 0.0556. The first kappa shape index (κ1) is 15.1. The number of aromatic amines is 1. The smallest absolute Gasteiger partial charge is 0.226 e. The van der Waals surface area contributed by atoms with Crippen molar-refractivity contribution in [3.05, 3.63) is 47.3 Å². The highest BCUT2D eigenvalue weighted by Gasteiger charge is 2.10. The van der Waals surface area contributed by atoms with Crippen LogP contribution in [0.4, 0.5) is 0 Å². The lowest BCUT2D eigenvalue weighted by molar-refractivity contribution is -0.130. The van der Waals surface area contributed by atoms with Gasteiger partial charge in [-0.1, -0.05) is 6.07 Å². The first-order valence-electron chi connectivity index (χ1n) is 6.98. The van der Waals surface area contributed by atoms with Crippen LogP contribution in [0.15, 0.2) is 30.6 Å². The molecule has 1 aromatic carbocycles. The SMILES string of the molecule is Cc1ccc(OCCC(=O)N(C)Cc2cn[nH]c2)cc1C. The Balaban J connectivity index is 1.77. The normalized spacial score (nSPS) is 10.4. The molecule has 0 aliphatic heterocycles. The van der Waals surface area contributed by atoms with Gasteiger partial charge in [0, 0.05) is 25.4 Å². The molecule has 0 radical (unpaired) electrons. The van der Waals surface area contributed by atoms with Gasteiger partial charge in [0.1, 0.15) is 5.75 Å². The summed E-state index contributed by atoms with van der Waals surface area (Å²) in [5.41, 5.74) is 3.41. The molecule has 112 valence electrons. The van der Waals surface area contributed by atoms with E-state index < -0.39 is 0 Å². The van der Waals surface area contributed by atoms with Crippen LogP contribution >= 0.6 is 0 Å². The summed E-state index contributed by atoms with van der Waals surface area (Å²) in [4.78, 5) is 13.7. The van der Waals surface area contributed by atoms with Crippen LogP contribution in [0.25, 0.3) is 0 Å². The van der Waals surface area contributed by atoms with Crippen LogP contribution < -0.4 is 4.74 Å². The van der Waals surface area contributed by atoms with E-state index >= 15 is 0 Å². The molecule has 5 nitrogen and oxygen atoms in total. The number of hydrogen-bond acceptors (Lipinski definition) is 3. The van der Waals surface area contributed by atoms with Crippen molar-refractivity contribution < 1.29 is 9.53 Å². The van der Waals surface area contributed by atoms with E-state index in [1.54, 1.807) is 24.3 Å². The molecule has 0 fully saturated rings. The van der Waals surface area contributed by atoms with Crippen molar-refractivity contribution in [3.8, 4) is 5.75 Å². The highest BCUT2D eigenvalue weighted by Crippen LogP contribution is 2.16. The average molecular weight is 287 g/mol. The van der Waals surface area contributed by atoms with E-state index in [1.165, 1.54) is 11.1 Å². The molecule has 0 atom stereocenters. The van der Waals surface area contributed by atoms with Crippen molar-refractivity contribution in [1.82, 2.24) is 15.1 Å². The van der Waals surface area contributed by atoms with Gasteiger partial charge in [0.2, 0.25) is 5.91 Å². The molecule has 2 rings (SSSR count). The van der Waals surface area contributed by atoms with E-state index in [-0.39, 0.29) is 5.91 Å². The Morgan fingerprint density at radius 1 is 1.33 bits per heavy atom. The van der Waals surface area contributed by atoms with Crippen LogP contribution in [0.1, 0.15) is 23.1 Å². The number of hydrogen-bond donors (Lipinski definition) is 1. The van der Waals surface area contributed by atoms with Crippen molar-refractivity contribution >= 4 is 5.91 Å². The van der Waals surface area contributed by atoms with Crippen molar-refractivity contribution in [2.75, 3.05) is 13.7 Å². The summed E-state index contributed by atoms with van der Waals surface area (Å²) in [6, 6.07) is 5.95. The number of nitrogens with zero attached hydrogens (tertiary/aromatic N) is 2. The molecular formula is C16H21N3O2. The van der Waals surface area contributed by atoms with Gasteiger partial charge in [0.15, 0.2) is 0 Å². The molecule has 0 unspecified atom stereocenters. The fourth-order valence-corrected chi connectivity index (χ4v) is 1.98. The Hall–Kier alpha value is -2.30. The first-order valence-corrected chi connectivity index (χ1v) is 6.98. The number of amides is 1. The van der Waals surface area contributed by atoms with Crippen LogP contribution in [-0.4, -0.2) is 34.7 Å². The van der Waals surface area contributed by atoms with Gasteiger partial charge >= 0.3 is 0 Å². The van der Waals surface area contributed by atoms with Gasteiger partial charge in [-0.05, 0) is 37.1 Å². The maximum absolute atomic E-state index is 12.0. The molecule has 0 spiro atoms. The monoisotopic (exact) mass is 287 g/mol. The maximum Gasteiger partial charge on any atom is 0.226 e. The zero-order chi connectivity index (χ0) is 15.2. The molecule has 21 heavy (non-hydrogen) atoms. The lowest BCUT2D eigenvalue weighted by Gasteiger charge is -2.16. The zero-order valence-corrected chi connectivity index (χ0v) is 12.7. The lowest BCUT2D eigenvalue weighted by atomic mass is 10.1. The van der Waals surface area contributed by atoms with E-state index in [9.17, 15) is 4.79 Å². The maximum atomic E-state index is 12.0. The van der Waals surface area contributed by atoms with Gasteiger partial charge in [-0.2, -0.15) is 5.10 Å². The number of aromatic nitrogens is 2. The third-order valence-electron chi connectivity index (χ3n) is 3.46. The van der Waals surface area contributed by atoms with Gasteiger partial charge in [0.05, 0.1) is 19.2 Å². The van der Waals surface area contributed by atoms with E-state index in [1.807, 2.05) is 25.1 Å². The number of aryl methyl sites for hydroxylation is 2. The largest absolute Gasteiger partial charge is 0.493 e. The van der Waals surface area contributed by atoms with E-state index in [0.29, 0.717) is 19.6 Å². The van der Waals surface area contributed by atoms with Crippen LogP contribution in [0.5, 0.6) is 5.75 Å². The fraction of sp³-hybridized carbons (Fsp3) is 0.375. The van der Waals surface area contributed by atoms with E-state index in [2.05, 4.69) is 17.1 Å². The number of benzene rings is 1. The predicted octanol–water partition coefficient (Wildman–Crippen LogP) is 2.45. The van der Waals surface area contributed by atoms with Crippen LogP contribution in [0, 0.1) is 13.8 Å². The Labute approximate surface area is 124 Å². The van der Waals surface area contributed by atoms with Gasteiger partial charge in [-0.25, -0.2) is 0 Å². The van der Waals surface area contributed by atoms with Gasteiger partial charge in [-0.3, -0.25) is 9.89 Å². The Morgan fingerprint density at radius 2 is 2.14 bits per heavy atom. The molecular weight excluding hydrogens is 266 g/mol. The second kappa shape index (κ2) is 6.92. The van der Waals surface area contributed by atoms with Crippen molar-refractivity contribution in [2.24, 2.45) is 0 Å². The summed E-state index contributed by atoms with van der Waals surface area (Å²) in [5.74, 6) is 0.864. The van der Waals surface area contributed by atoms with Crippen LogP contribution in [0.3, 0.4) is 0 Å².